The predicted octanol–water partition coefficient (Wildman–Crippen LogP) is 2.46. The van der Waals surface area contributed by atoms with Crippen LogP contribution in [-0.2, 0) is 9.53 Å². The fraction of sp³-hybridized carbons (Fsp3) is 0.435. The normalized spacial score (nSPS) is 25.1. The first kappa shape index (κ1) is 17.1. The standard InChI is InChI=1S/C23H25N7O2/c1-13-6-17(13)23(31)27-20-8-18-15(10-25-22(24-2)21(18)29-28-20)5-4-14-9-26-30(11-14)19-7-16(19)12-32-3/h8-11,13,16-17,19H,6-7,12H2,1-3H3,(H,24,25)(H,27,28,31)/t13?,16-,17?,19+/m0/s1/i2D3. The van der Waals surface area contributed by atoms with E-state index in [4.69, 9.17) is 8.85 Å². The predicted molar refractivity (Wildman–Crippen MR) is 120 cm³/mol. The molecule has 5 rings (SSSR count). The van der Waals surface area contributed by atoms with Crippen LogP contribution in [0.15, 0.2) is 24.7 Å². The van der Waals surface area contributed by atoms with E-state index in [1.54, 1.807) is 19.4 Å². The molecule has 2 aliphatic carbocycles. The maximum absolute atomic E-state index is 12.4. The van der Waals surface area contributed by atoms with Gasteiger partial charge in [-0.3, -0.25) is 9.48 Å². The highest BCUT2D eigenvalue weighted by Gasteiger charge is 2.40. The fourth-order valence-electron chi connectivity index (χ4n) is 3.86. The summed E-state index contributed by atoms with van der Waals surface area (Å²) in [6, 6.07) is 1.97. The zero-order chi connectivity index (χ0) is 24.7. The lowest BCUT2D eigenvalue weighted by Gasteiger charge is -2.08. The van der Waals surface area contributed by atoms with Crippen LogP contribution < -0.4 is 10.6 Å². The molecule has 9 heteroatoms. The van der Waals surface area contributed by atoms with Crippen molar-refractivity contribution in [3.63, 3.8) is 0 Å². The molecule has 164 valence electrons. The Morgan fingerprint density at radius 2 is 2.22 bits per heavy atom. The number of fused-ring (bicyclic) bond motifs is 1. The molecule has 0 aliphatic heterocycles. The minimum absolute atomic E-state index is 0.0246. The third kappa shape index (κ3) is 4.01. The molecule has 2 N–H and O–H groups in total. The molecule has 3 heterocycles. The van der Waals surface area contributed by atoms with Gasteiger partial charge in [-0.25, -0.2) is 4.98 Å². The first-order chi connectivity index (χ1) is 16.7. The zero-order valence-electron chi connectivity index (χ0n) is 20.8. The Bertz CT molecular complexity index is 1340. The summed E-state index contributed by atoms with van der Waals surface area (Å²) in [5.74, 6) is 7.22. The second kappa shape index (κ2) is 8.20. The molecule has 32 heavy (non-hydrogen) atoms. The average molecular weight is 435 g/mol. The quantitative estimate of drug-likeness (QED) is 0.574. The summed E-state index contributed by atoms with van der Waals surface area (Å²) in [5.41, 5.74) is 1.52. The van der Waals surface area contributed by atoms with Crippen LogP contribution in [0.4, 0.5) is 11.6 Å². The van der Waals surface area contributed by atoms with E-state index in [1.165, 1.54) is 6.20 Å². The van der Waals surface area contributed by atoms with Crippen LogP contribution in [0.5, 0.6) is 0 Å². The Labute approximate surface area is 190 Å². The minimum atomic E-state index is -2.46. The molecule has 9 nitrogen and oxygen atoms in total. The number of rotatable bonds is 6. The summed E-state index contributed by atoms with van der Waals surface area (Å²) >= 11 is 0. The molecule has 0 bridgehead atoms. The SMILES string of the molecule is [2H]C([2H])([2H])Nc1ncc(C#Cc2cnn([C@@H]3C[C@H]3COC)c2)c2cc(NC(=O)C3CC3C)nnc12. The third-order valence-corrected chi connectivity index (χ3v) is 6.00. The van der Waals surface area contributed by atoms with Crippen molar-refractivity contribution in [2.45, 2.75) is 25.8 Å². The van der Waals surface area contributed by atoms with Crippen molar-refractivity contribution >= 4 is 28.4 Å². The molecule has 4 atom stereocenters. The van der Waals surface area contributed by atoms with E-state index in [0.717, 1.165) is 18.4 Å². The fourth-order valence-corrected chi connectivity index (χ4v) is 3.86. The van der Waals surface area contributed by atoms with Crippen molar-refractivity contribution < 1.29 is 13.6 Å². The van der Waals surface area contributed by atoms with E-state index >= 15 is 0 Å². The number of aromatic nitrogens is 5. The number of carbonyl (C=O) groups is 1. The van der Waals surface area contributed by atoms with Gasteiger partial charge in [0, 0.05) is 47.8 Å². The number of anilines is 2. The van der Waals surface area contributed by atoms with Crippen LogP contribution in [0.2, 0.25) is 0 Å². The highest BCUT2D eigenvalue weighted by atomic mass is 16.5. The molecule has 0 saturated heterocycles. The van der Waals surface area contributed by atoms with E-state index in [-0.39, 0.29) is 29.0 Å². The van der Waals surface area contributed by atoms with Crippen LogP contribution in [-0.4, -0.2) is 51.6 Å². The Morgan fingerprint density at radius 3 is 3.00 bits per heavy atom. The van der Waals surface area contributed by atoms with Gasteiger partial charge in [-0.2, -0.15) is 5.10 Å². The van der Waals surface area contributed by atoms with E-state index in [0.29, 0.717) is 35.4 Å². The summed E-state index contributed by atoms with van der Waals surface area (Å²) in [6.45, 7) is 0.271. The third-order valence-electron chi connectivity index (χ3n) is 6.00. The average Bonchev–Trinajstić information content (AvgIpc) is 3.68. The van der Waals surface area contributed by atoms with Gasteiger partial charge >= 0.3 is 0 Å². The monoisotopic (exact) mass is 434 g/mol. The van der Waals surface area contributed by atoms with Gasteiger partial charge < -0.3 is 15.4 Å². The number of hydrogen-bond acceptors (Lipinski definition) is 7. The van der Waals surface area contributed by atoms with Gasteiger partial charge in [0.2, 0.25) is 5.91 Å². The van der Waals surface area contributed by atoms with Gasteiger partial charge in [-0.15, -0.1) is 10.2 Å². The van der Waals surface area contributed by atoms with E-state index in [9.17, 15) is 4.79 Å². The molecule has 2 saturated carbocycles. The van der Waals surface area contributed by atoms with Crippen molar-refractivity contribution in [1.29, 1.82) is 0 Å². The number of pyridine rings is 1. The van der Waals surface area contributed by atoms with Crippen LogP contribution in [0.1, 0.15) is 41.0 Å². The molecule has 0 spiro atoms. The molecule has 2 aliphatic rings. The van der Waals surface area contributed by atoms with Gasteiger partial charge in [-0.05, 0) is 24.8 Å². The molecule has 2 unspecified atom stereocenters. The van der Waals surface area contributed by atoms with Crippen molar-refractivity contribution in [2.24, 2.45) is 17.8 Å². The Morgan fingerprint density at radius 1 is 1.34 bits per heavy atom. The highest BCUT2D eigenvalue weighted by Crippen LogP contribution is 2.42. The lowest BCUT2D eigenvalue weighted by Crippen LogP contribution is -2.16. The number of hydrogen-bond donors (Lipinski definition) is 2. The van der Waals surface area contributed by atoms with Crippen molar-refractivity contribution in [1.82, 2.24) is 25.0 Å². The lowest BCUT2D eigenvalue weighted by molar-refractivity contribution is -0.117. The maximum Gasteiger partial charge on any atom is 0.228 e. The van der Waals surface area contributed by atoms with Crippen molar-refractivity contribution in [2.75, 3.05) is 31.3 Å². The summed E-state index contributed by atoms with van der Waals surface area (Å²) in [6.07, 6.45) is 6.97. The number of carbonyl (C=O) groups excluding carboxylic acids is 1. The number of nitrogens with zero attached hydrogens (tertiary/aromatic N) is 5. The molecule has 1 amide bonds. The first-order valence-corrected chi connectivity index (χ1v) is 10.5. The van der Waals surface area contributed by atoms with Crippen LogP contribution in [0.3, 0.4) is 0 Å². The van der Waals surface area contributed by atoms with E-state index in [2.05, 4.69) is 42.8 Å². The van der Waals surface area contributed by atoms with Gasteiger partial charge in [-0.1, -0.05) is 18.8 Å². The topological polar surface area (TPSA) is 107 Å². The molecule has 3 aromatic rings. The van der Waals surface area contributed by atoms with Crippen molar-refractivity contribution in [3.05, 3.63) is 35.8 Å². The summed E-state index contributed by atoms with van der Waals surface area (Å²) in [4.78, 5) is 16.6. The number of ether oxygens (including phenoxy) is 1. The Kier molecular flexibility index (Phi) is 4.38. The summed E-state index contributed by atoms with van der Waals surface area (Å²) < 4.78 is 29.7. The molecule has 0 aromatic carbocycles. The molecular formula is C23H25N7O2. The molecule has 0 radical (unpaired) electrons. The van der Waals surface area contributed by atoms with Crippen LogP contribution in [0.25, 0.3) is 10.9 Å². The largest absolute Gasteiger partial charge is 0.384 e. The summed E-state index contributed by atoms with van der Waals surface area (Å²) in [5, 5.41) is 18.4. The molecular weight excluding hydrogens is 406 g/mol. The number of nitrogens with one attached hydrogen (secondary N) is 2. The first-order valence-electron chi connectivity index (χ1n) is 12.0. The van der Waals surface area contributed by atoms with Gasteiger partial charge in [0.05, 0.1) is 30.0 Å². The number of amides is 1. The number of methoxy groups -OCH3 is 1. The molecule has 2 fully saturated rings. The van der Waals surface area contributed by atoms with Crippen LogP contribution >= 0.6 is 0 Å². The highest BCUT2D eigenvalue weighted by molar-refractivity contribution is 5.97. The zero-order valence-corrected chi connectivity index (χ0v) is 17.8. The molecule has 3 aromatic heterocycles. The minimum Gasteiger partial charge on any atom is -0.384 e. The van der Waals surface area contributed by atoms with Gasteiger partial charge in [0.15, 0.2) is 11.6 Å². The second-order valence-corrected chi connectivity index (χ2v) is 8.42. The Balaban J connectivity index is 1.45. The van der Waals surface area contributed by atoms with E-state index < -0.39 is 6.98 Å². The Hall–Kier alpha value is -3.51. The lowest BCUT2D eigenvalue weighted by atomic mass is 10.1. The van der Waals surface area contributed by atoms with E-state index in [1.807, 2.05) is 17.8 Å². The smallest absolute Gasteiger partial charge is 0.228 e. The van der Waals surface area contributed by atoms with Gasteiger partial charge in [0.1, 0.15) is 5.52 Å². The van der Waals surface area contributed by atoms with Crippen LogP contribution in [0, 0.1) is 29.6 Å². The van der Waals surface area contributed by atoms with Crippen molar-refractivity contribution in [3.8, 4) is 11.8 Å². The maximum atomic E-state index is 12.4. The summed E-state index contributed by atoms with van der Waals surface area (Å²) in [7, 11) is 1.69. The van der Waals surface area contributed by atoms with Gasteiger partial charge in [0.25, 0.3) is 0 Å². The second-order valence-electron chi connectivity index (χ2n) is 8.42.